The van der Waals surface area contributed by atoms with Crippen molar-refractivity contribution in [3.63, 3.8) is 0 Å². The van der Waals surface area contributed by atoms with Gasteiger partial charge in [-0.25, -0.2) is 8.42 Å². The normalized spacial score (nSPS) is 22.8. The Morgan fingerprint density at radius 3 is 2.48 bits per heavy atom. The summed E-state index contributed by atoms with van der Waals surface area (Å²) in [6, 6.07) is 6.33. The molecule has 0 bridgehead atoms. The highest BCUT2D eigenvalue weighted by atomic mass is 32.2. The van der Waals surface area contributed by atoms with Gasteiger partial charge in [-0.05, 0) is 57.0 Å². The van der Waals surface area contributed by atoms with Crippen LogP contribution < -0.4 is 10.6 Å². The molecule has 0 saturated carbocycles. The van der Waals surface area contributed by atoms with Crippen molar-refractivity contribution in [2.45, 2.75) is 43.5 Å². The summed E-state index contributed by atoms with van der Waals surface area (Å²) in [4.78, 5) is 12.6. The van der Waals surface area contributed by atoms with Crippen LogP contribution in [0.3, 0.4) is 0 Å². The number of nitrogens with one attached hydrogen (secondary N) is 2. The maximum absolute atomic E-state index is 12.3. The van der Waals surface area contributed by atoms with E-state index in [2.05, 4.69) is 10.6 Å². The lowest BCUT2D eigenvalue weighted by Crippen LogP contribution is -2.54. The molecule has 1 heterocycles. The van der Waals surface area contributed by atoms with Crippen molar-refractivity contribution < 1.29 is 13.2 Å². The number of carbonyl (C=O) groups excluding carboxylic acids is 1. The predicted octanol–water partition coefficient (Wildman–Crippen LogP) is 1.95. The van der Waals surface area contributed by atoms with Crippen molar-refractivity contribution in [3.8, 4) is 0 Å². The standard InChI is InChI=1S/C15H22N2O3S/c1-3-21(19,20)13-8-6-12(7-9-13)17-14(18)15(2)10-4-5-11-16-15/h6-9,16H,3-5,10-11H2,1-2H3,(H,17,18). The number of benzene rings is 1. The van der Waals surface area contributed by atoms with E-state index in [-0.39, 0.29) is 16.6 Å². The molecule has 0 aliphatic carbocycles. The molecule has 1 fully saturated rings. The topological polar surface area (TPSA) is 75.3 Å². The average molecular weight is 310 g/mol. The number of hydrogen-bond donors (Lipinski definition) is 2. The third-order valence-corrected chi connectivity index (χ3v) is 5.72. The van der Waals surface area contributed by atoms with Crippen LogP contribution in [0.2, 0.25) is 0 Å². The van der Waals surface area contributed by atoms with Crippen LogP contribution in [0, 0.1) is 0 Å². The zero-order valence-corrected chi connectivity index (χ0v) is 13.3. The van der Waals surface area contributed by atoms with Crippen LogP contribution >= 0.6 is 0 Å². The Labute approximate surface area is 126 Å². The van der Waals surface area contributed by atoms with E-state index in [1.54, 1.807) is 19.1 Å². The fourth-order valence-corrected chi connectivity index (χ4v) is 3.32. The Kier molecular flexibility index (Phi) is 4.68. The molecule has 1 aromatic rings. The van der Waals surface area contributed by atoms with Gasteiger partial charge < -0.3 is 10.6 Å². The summed E-state index contributed by atoms with van der Waals surface area (Å²) >= 11 is 0. The van der Waals surface area contributed by atoms with E-state index in [0.29, 0.717) is 5.69 Å². The van der Waals surface area contributed by atoms with E-state index < -0.39 is 15.4 Å². The maximum Gasteiger partial charge on any atom is 0.244 e. The zero-order chi connectivity index (χ0) is 15.5. The van der Waals surface area contributed by atoms with Crippen LogP contribution in [0.1, 0.15) is 33.1 Å². The van der Waals surface area contributed by atoms with Gasteiger partial charge in [-0.2, -0.15) is 0 Å². The Hall–Kier alpha value is -1.40. The van der Waals surface area contributed by atoms with Crippen molar-refractivity contribution in [2.75, 3.05) is 17.6 Å². The number of anilines is 1. The Balaban J connectivity index is 2.08. The van der Waals surface area contributed by atoms with Gasteiger partial charge in [0.05, 0.1) is 16.2 Å². The fraction of sp³-hybridized carbons (Fsp3) is 0.533. The second-order valence-electron chi connectivity index (χ2n) is 5.60. The first-order chi connectivity index (χ1) is 9.87. The van der Waals surface area contributed by atoms with Crippen LogP contribution in [0.15, 0.2) is 29.2 Å². The smallest absolute Gasteiger partial charge is 0.244 e. The molecule has 0 spiro atoms. The summed E-state index contributed by atoms with van der Waals surface area (Å²) in [6.45, 7) is 4.36. The van der Waals surface area contributed by atoms with Gasteiger partial charge in [-0.15, -0.1) is 0 Å². The quantitative estimate of drug-likeness (QED) is 0.891. The van der Waals surface area contributed by atoms with E-state index in [4.69, 9.17) is 0 Å². The SMILES string of the molecule is CCS(=O)(=O)c1ccc(NC(=O)C2(C)CCCCN2)cc1. The van der Waals surface area contributed by atoms with Crippen molar-refractivity contribution in [1.29, 1.82) is 0 Å². The number of carbonyl (C=O) groups is 1. The lowest BCUT2D eigenvalue weighted by molar-refractivity contribution is -0.122. The second-order valence-corrected chi connectivity index (χ2v) is 7.88. The predicted molar refractivity (Wildman–Crippen MR) is 83.1 cm³/mol. The van der Waals surface area contributed by atoms with Crippen molar-refractivity contribution >= 4 is 21.4 Å². The minimum atomic E-state index is -3.20. The monoisotopic (exact) mass is 310 g/mol. The zero-order valence-electron chi connectivity index (χ0n) is 12.5. The van der Waals surface area contributed by atoms with Crippen molar-refractivity contribution in [3.05, 3.63) is 24.3 Å². The first-order valence-corrected chi connectivity index (χ1v) is 8.92. The van der Waals surface area contributed by atoms with Gasteiger partial charge in [0.15, 0.2) is 9.84 Å². The Morgan fingerprint density at radius 1 is 1.29 bits per heavy atom. The third kappa shape index (κ3) is 3.63. The average Bonchev–Trinajstić information content (AvgIpc) is 2.48. The molecule has 0 aromatic heterocycles. The molecule has 1 aromatic carbocycles. The number of piperidine rings is 1. The molecule has 1 aliphatic heterocycles. The van der Waals surface area contributed by atoms with Crippen LogP contribution in [-0.2, 0) is 14.6 Å². The number of sulfone groups is 1. The molecule has 5 nitrogen and oxygen atoms in total. The molecule has 1 aliphatic rings. The summed E-state index contributed by atoms with van der Waals surface area (Å²) in [6.07, 6.45) is 2.93. The van der Waals surface area contributed by atoms with Crippen LogP contribution in [0.5, 0.6) is 0 Å². The molecule has 1 amide bonds. The first-order valence-electron chi connectivity index (χ1n) is 7.27. The van der Waals surface area contributed by atoms with E-state index in [0.717, 1.165) is 25.8 Å². The van der Waals surface area contributed by atoms with E-state index >= 15 is 0 Å². The molecule has 2 N–H and O–H groups in total. The second kappa shape index (κ2) is 6.15. The lowest BCUT2D eigenvalue weighted by Gasteiger charge is -2.33. The summed E-state index contributed by atoms with van der Waals surface area (Å²) in [5, 5.41) is 6.10. The molecule has 2 rings (SSSR count). The molecule has 0 radical (unpaired) electrons. The minimum absolute atomic E-state index is 0.0701. The van der Waals surface area contributed by atoms with Gasteiger partial charge in [0.1, 0.15) is 0 Å². The molecule has 1 saturated heterocycles. The molecule has 21 heavy (non-hydrogen) atoms. The minimum Gasteiger partial charge on any atom is -0.324 e. The summed E-state index contributed by atoms with van der Waals surface area (Å²) in [5.74, 6) is -0.00551. The van der Waals surface area contributed by atoms with Gasteiger partial charge in [0.2, 0.25) is 5.91 Å². The lowest BCUT2D eigenvalue weighted by atomic mass is 9.90. The Bertz CT molecular complexity index is 602. The van der Waals surface area contributed by atoms with E-state index in [1.165, 1.54) is 12.1 Å². The first kappa shape index (κ1) is 16.0. The largest absolute Gasteiger partial charge is 0.324 e. The maximum atomic E-state index is 12.3. The van der Waals surface area contributed by atoms with Gasteiger partial charge in [-0.3, -0.25) is 4.79 Å². The Morgan fingerprint density at radius 2 is 1.95 bits per heavy atom. The van der Waals surface area contributed by atoms with Crippen molar-refractivity contribution in [2.24, 2.45) is 0 Å². The summed E-state index contributed by atoms with van der Waals surface area (Å²) in [5.41, 5.74) is 0.0653. The molecule has 1 unspecified atom stereocenters. The number of rotatable bonds is 4. The highest BCUT2D eigenvalue weighted by Gasteiger charge is 2.34. The van der Waals surface area contributed by atoms with Gasteiger partial charge in [-0.1, -0.05) is 6.92 Å². The molecule has 1 atom stereocenters. The van der Waals surface area contributed by atoms with E-state index in [9.17, 15) is 13.2 Å². The molecular formula is C15H22N2O3S. The highest BCUT2D eigenvalue weighted by Crippen LogP contribution is 2.22. The van der Waals surface area contributed by atoms with Crippen molar-refractivity contribution in [1.82, 2.24) is 5.32 Å². The summed E-state index contributed by atoms with van der Waals surface area (Å²) in [7, 11) is -3.20. The number of amides is 1. The molecular weight excluding hydrogens is 288 g/mol. The van der Waals surface area contributed by atoms with Gasteiger partial charge in [0.25, 0.3) is 0 Å². The van der Waals surface area contributed by atoms with Gasteiger partial charge >= 0.3 is 0 Å². The van der Waals surface area contributed by atoms with Crippen LogP contribution in [0.4, 0.5) is 5.69 Å². The summed E-state index contributed by atoms with van der Waals surface area (Å²) < 4.78 is 23.5. The number of hydrogen-bond acceptors (Lipinski definition) is 4. The fourth-order valence-electron chi connectivity index (χ4n) is 2.43. The third-order valence-electron chi connectivity index (χ3n) is 3.97. The van der Waals surface area contributed by atoms with Crippen LogP contribution in [0.25, 0.3) is 0 Å². The molecule has 6 heteroatoms. The van der Waals surface area contributed by atoms with Crippen LogP contribution in [-0.4, -0.2) is 32.2 Å². The highest BCUT2D eigenvalue weighted by molar-refractivity contribution is 7.91. The van der Waals surface area contributed by atoms with E-state index in [1.807, 2.05) is 6.92 Å². The van der Waals surface area contributed by atoms with Gasteiger partial charge in [0, 0.05) is 5.69 Å². The molecule has 116 valence electrons.